The maximum absolute atomic E-state index is 9.89. The second-order valence-electron chi connectivity index (χ2n) is 8.46. The van der Waals surface area contributed by atoms with Crippen molar-refractivity contribution in [1.29, 1.82) is 0 Å². The number of halogens is 1. The quantitative estimate of drug-likeness (QED) is 0.634. The molecule has 0 aromatic heterocycles. The summed E-state index contributed by atoms with van der Waals surface area (Å²) in [5.74, 6) is 2.47. The molecular weight excluding hydrogens is 324 g/mol. The molecule has 0 aromatic carbocycles. The van der Waals surface area contributed by atoms with Gasteiger partial charge in [0.25, 0.3) is 0 Å². The summed E-state index contributed by atoms with van der Waals surface area (Å²) in [6.45, 7) is 8.86. The first kappa shape index (κ1) is 17.5. The molecule has 0 spiro atoms. The maximum Gasteiger partial charge on any atom is 0.0591 e. The summed E-state index contributed by atoms with van der Waals surface area (Å²) in [6, 6.07) is 0. The van der Waals surface area contributed by atoms with Crippen molar-refractivity contribution >= 4 is 15.9 Å². The summed E-state index contributed by atoms with van der Waals surface area (Å²) >= 11 is 3.60. The minimum Gasteiger partial charge on any atom is -0.390 e. The van der Waals surface area contributed by atoms with Crippen LogP contribution in [0.2, 0.25) is 0 Å². The van der Waals surface area contributed by atoms with Gasteiger partial charge in [-0.05, 0) is 80.5 Å². The monoisotopic (exact) mass is 356 g/mol. The maximum atomic E-state index is 9.89. The van der Waals surface area contributed by atoms with Crippen molar-refractivity contribution in [3.63, 3.8) is 0 Å². The summed E-state index contributed by atoms with van der Waals surface area (Å²) in [6.07, 6.45) is 10.2. The Kier molecular flexibility index (Phi) is 5.63. The number of rotatable bonds is 5. The van der Waals surface area contributed by atoms with Crippen molar-refractivity contribution in [2.24, 2.45) is 23.2 Å². The molecule has 0 bridgehead atoms. The Bertz CT molecular complexity index is 382. The Morgan fingerprint density at radius 2 is 2.14 bits per heavy atom. The molecule has 0 aliphatic heterocycles. The standard InChI is InChI=1S/C19H33BrO/c1-14(7-5-11-18(2,3)21)16-9-10-17-15(13-20)8-6-12-19(16,17)4/h13-14,16-17,21H,5-12H2,1-4H3/t14-,16+,17-,19+/m0/s1. The van der Waals surface area contributed by atoms with Gasteiger partial charge in [-0.1, -0.05) is 48.2 Å². The molecule has 2 aliphatic carbocycles. The molecule has 4 atom stereocenters. The Morgan fingerprint density at radius 3 is 2.76 bits per heavy atom. The topological polar surface area (TPSA) is 20.2 Å². The minimum atomic E-state index is -0.501. The number of hydrogen-bond donors (Lipinski definition) is 1. The van der Waals surface area contributed by atoms with Crippen LogP contribution in [0.15, 0.2) is 10.6 Å². The molecule has 21 heavy (non-hydrogen) atoms. The summed E-state index contributed by atoms with van der Waals surface area (Å²) < 4.78 is 0. The molecule has 0 radical (unpaired) electrons. The van der Waals surface area contributed by atoms with E-state index in [1.54, 1.807) is 5.57 Å². The van der Waals surface area contributed by atoms with Gasteiger partial charge < -0.3 is 5.11 Å². The molecule has 122 valence electrons. The van der Waals surface area contributed by atoms with Crippen LogP contribution in [0, 0.1) is 23.2 Å². The van der Waals surface area contributed by atoms with Crippen molar-refractivity contribution in [2.75, 3.05) is 0 Å². The fourth-order valence-electron chi connectivity index (χ4n) is 5.20. The van der Waals surface area contributed by atoms with Gasteiger partial charge in [-0.25, -0.2) is 0 Å². The van der Waals surface area contributed by atoms with Gasteiger partial charge in [0.2, 0.25) is 0 Å². The first-order valence-electron chi connectivity index (χ1n) is 8.79. The molecular formula is C19H33BrO. The average Bonchev–Trinajstić information content (AvgIpc) is 2.73. The molecule has 2 saturated carbocycles. The molecule has 2 rings (SSSR count). The zero-order valence-electron chi connectivity index (χ0n) is 14.3. The highest BCUT2D eigenvalue weighted by atomic mass is 79.9. The lowest BCUT2D eigenvalue weighted by molar-refractivity contribution is 0.0597. The second-order valence-corrected chi connectivity index (χ2v) is 8.92. The molecule has 2 aliphatic rings. The smallest absolute Gasteiger partial charge is 0.0591 e. The highest BCUT2D eigenvalue weighted by Gasteiger charge is 2.50. The molecule has 1 nitrogen and oxygen atoms in total. The molecule has 1 N–H and O–H groups in total. The predicted octanol–water partition coefficient (Wildman–Crippen LogP) is 6.06. The van der Waals surface area contributed by atoms with Crippen LogP contribution in [0.5, 0.6) is 0 Å². The van der Waals surface area contributed by atoms with Gasteiger partial charge in [0.15, 0.2) is 0 Å². The van der Waals surface area contributed by atoms with Crippen molar-refractivity contribution in [3.05, 3.63) is 10.6 Å². The van der Waals surface area contributed by atoms with Crippen molar-refractivity contribution in [3.8, 4) is 0 Å². The van der Waals surface area contributed by atoms with Crippen LogP contribution in [0.1, 0.15) is 79.1 Å². The van der Waals surface area contributed by atoms with Gasteiger partial charge in [0.05, 0.1) is 5.60 Å². The number of allylic oxidation sites excluding steroid dienone is 1. The van der Waals surface area contributed by atoms with Crippen molar-refractivity contribution in [1.82, 2.24) is 0 Å². The van der Waals surface area contributed by atoms with Gasteiger partial charge in [-0.15, -0.1) is 0 Å². The number of hydrogen-bond acceptors (Lipinski definition) is 1. The predicted molar refractivity (Wildman–Crippen MR) is 94.5 cm³/mol. The van der Waals surface area contributed by atoms with Crippen LogP contribution < -0.4 is 0 Å². The van der Waals surface area contributed by atoms with Crippen LogP contribution in [-0.2, 0) is 0 Å². The number of fused-ring (bicyclic) bond motifs is 1. The highest BCUT2D eigenvalue weighted by molar-refractivity contribution is 9.11. The van der Waals surface area contributed by atoms with E-state index in [1.165, 1.54) is 38.5 Å². The van der Waals surface area contributed by atoms with Crippen LogP contribution in [0.4, 0.5) is 0 Å². The van der Waals surface area contributed by atoms with E-state index in [4.69, 9.17) is 0 Å². The van der Waals surface area contributed by atoms with Gasteiger partial charge >= 0.3 is 0 Å². The molecule has 0 heterocycles. The van der Waals surface area contributed by atoms with Gasteiger partial charge in [-0.3, -0.25) is 0 Å². The zero-order chi connectivity index (χ0) is 15.7. The molecule has 2 heteroatoms. The lowest BCUT2D eigenvalue weighted by Crippen LogP contribution is -2.36. The number of aliphatic hydroxyl groups is 1. The molecule has 0 unspecified atom stereocenters. The lowest BCUT2D eigenvalue weighted by atomic mass is 9.61. The largest absolute Gasteiger partial charge is 0.390 e. The van der Waals surface area contributed by atoms with E-state index < -0.39 is 5.60 Å². The molecule has 2 fully saturated rings. The fourth-order valence-corrected chi connectivity index (χ4v) is 5.75. The van der Waals surface area contributed by atoms with E-state index in [9.17, 15) is 5.11 Å². The molecule has 0 amide bonds. The lowest BCUT2D eigenvalue weighted by Gasteiger charge is -2.44. The van der Waals surface area contributed by atoms with E-state index in [2.05, 4.69) is 34.8 Å². The van der Waals surface area contributed by atoms with E-state index >= 15 is 0 Å². The Morgan fingerprint density at radius 1 is 1.43 bits per heavy atom. The Balaban J connectivity index is 1.97. The zero-order valence-corrected chi connectivity index (χ0v) is 15.9. The first-order chi connectivity index (χ1) is 9.78. The van der Waals surface area contributed by atoms with E-state index in [1.807, 2.05) is 13.8 Å². The Labute approximate surface area is 139 Å². The van der Waals surface area contributed by atoms with Crippen LogP contribution in [0.3, 0.4) is 0 Å². The van der Waals surface area contributed by atoms with Crippen LogP contribution >= 0.6 is 15.9 Å². The fraction of sp³-hybridized carbons (Fsp3) is 0.895. The highest BCUT2D eigenvalue weighted by Crippen LogP contribution is 2.59. The van der Waals surface area contributed by atoms with Gasteiger partial charge in [-0.2, -0.15) is 0 Å². The Hall–Kier alpha value is 0.180. The molecule has 0 aromatic rings. The normalized spacial score (nSPS) is 36.8. The molecule has 0 saturated heterocycles. The average molecular weight is 357 g/mol. The first-order valence-corrected chi connectivity index (χ1v) is 9.71. The summed E-state index contributed by atoms with van der Waals surface area (Å²) in [4.78, 5) is 2.22. The summed E-state index contributed by atoms with van der Waals surface area (Å²) in [5, 5.41) is 9.89. The summed E-state index contributed by atoms with van der Waals surface area (Å²) in [7, 11) is 0. The van der Waals surface area contributed by atoms with E-state index in [0.29, 0.717) is 5.41 Å². The minimum absolute atomic E-state index is 0.501. The van der Waals surface area contributed by atoms with E-state index in [-0.39, 0.29) is 0 Å². The second kappa shape index (κ2) is 6.74. The van der Waals surface area contributed by atoms with Crippen LogP contribution in [-0.4, -0.2) is 10.7 Å². The van der Waals surface area contributed by atoms with Gasteiger partial charge in [0, 0.05) is 0 Å². The van der Waals surface area contributed by atoms with Crippen molar-refractivity contribution in [2.45, 2.75) is 84.7 Å². The van der Waals surface area contributed by atoms with Crippen molar-refractivity contribution < 1.29 is 5.11 Å². The van der Waals surface area contributed by atoms with E-state index in [0.717, 1.165) is 30.6 Å². The summed E-state index contributed by atoms with van der Waals surface area (Å²) in [5.41, 5.74) is 1.68. The third-order valence-corrected chi connectivity index (χ3v) is 6.90. The van der Waals surface area contributed by atoms with Crippen LogP contribution in [0.25, 0.3) is 0 Å². The third-order valence-electron chi connectivity index (χ3n) is 6.31. The SMILES string of the molecule is C[C@@H](CCCC(C)(C)O)[C@H]1CC[C@H]2C(=CBr)CCC[C@]12C. The third kappa shape index (κ3) is 3.93. The van der Waals surface area contributed by atoms with Gasteiger partial charge in [0.1, 0.15) is 0 Å².